The van der Waals surface area contributed by atoms with Gasteiger partial charge in [0, 0.05) is 12.3 Å². The molecule has 8 nitrogen and oxygen atoms in total. The average Bonchev–Trinajstić information content (AvgIpc) is 2.87. The van der Waals surface area contributed by atoms with Gasteiger partial charge in [0.15, 0.2) is 0 Å². The maximum absolute atomic E-state index is 13.0. The lowest BCUT2D eigenvalue weighted by molar-refractivity contribution is -0.149. The second-order valence-corrected chi connectivity index (χ2v) is 9.71. The van der Waals surface area contributed by atoms with E-state index in [1.807, 2.05) is 42.5 Å². The number of methoxy groups -OCH3 is 1. The summed E-state index contributed by atoms with van der Waals surface area (Å²) in [6.45, 7) is 3.45. The van der Waals surface area contributed by atoms with E-state index in [1.165, 1.54) is 0 Å². The fourth-order valence-corrected chi connectivity index (χ4v) is 4.22. The molecule has 36 heavy (non-hydrogen) atoms. The number of rotatable bonds is 10. The number of esters is 1. The summed E-state index contributed by atoms with van der Waals surface area (Å²) in [6.07, 6.45) is 2.45. The van der Waals surface area contributed by atoms with E-state index >= 15 is 0 Å². The van der Waals surface area contributed by atoms with E-state index in [4.69, 9.17) is 9.47 Å². The highest BCUT2D eigenvalue weighted by molar-refractivity contribution is 5.91. The quantitative estimate of drug-likeness (QED) is 0.436. The van der Waals surface area contributed by atoms with Gasteiger partial charge < -0.3 is 25.2 Å². The Bertz CT molecular complexity index is 1010. The fraction of sp³-hybridized carbons (Fsp3) is 0.464. The zero-order chi connectivity index (χ0) is 26.1. The van der Waals surface area contributed by atoms with Crippen molar-refractivity contribution in [2.24, 2.45) is 5.92 Å². The van der Waals surface area contributed by atoms with E-state index < -0.39 is 29.6 Å². The number of benzene rings is 2. The second-order valence-electron chi connectivity index (χ2n) is 9.71. The lowest BCUT2D eigenvalue weighted by atomic mass is 9.79. The molecule has 2 atom stereocenters. The third-order valence-corrected chi connectivity index (χ3v) is 6.61. The Morgan fingerprint density at radius 2 is 1.64 bits per heavy atom. The molecular formula is C28H36N2O6. The SMILES string of the molecule is COc1ccc(CC(NC(=O)C(C)NC(=O)C2CCC(C)(O)CC2)C(=O)OCc2ccccc2)cc1. The number of hydrogen-bond donors (Lipinski definition) is 3. The molecule has 2 aromatic carbocycles. The largest absolute Gasteiger partial charge is 0.497 e. The predicted octanol–water partition coefficient (Wildman–Crippen LogP) is 2.91. The molecule has 0 bridgehead atoms. The average molecular weight is 497 g/mol. The van der Waals surface area contributed by atoms with Gasteiger partial charge >= 0.3 is 5.97 Å². The zero-order valence-corrected chi connectivity index (χ0v) is 21.2. The number of nitrogens with one attached hydrogen (secondary N) is 2. The molecule has 0 aliphatic heterocycles. The van der Waals surface area contributed by atoms with E-state index in [0.29, 0.717) is 31.4 Å². The predicted molar refractivity (Wildman–Crippen MR) is 135 cm³/mol. The molecule has 0 aromatic heterocycles. The molecule has 8 heteroatoms. The second kappa shape index (κ2) is 12.5. The first kappa shape index (κ1) is 27.2. The Hall–Kier alpha value is -3.39. The number of aliphatic hydroxyl groups is 1. The molecule has 0 saturated heterocycles. The van der Waals surface area contributed by atoms with Crippen LogP contribution in [0.2, 0.25) is 0 Å². The van der Waals surface area contributed by atoms with Crippen LogP contribution in [0.4, 0.5) is 0 Å². The Morgan fingerprint density at radius 3 is 2.25 bits per heavy atom. The highest BCUT2D eigenvalue weighted by Crippen LogP contribution is 2.31. The Kier molecular flexibility index (Phi) is 9.47. The van der Waals surface area contributed by atoms with Crippen LogP contribution >= 0.6 is 0 Å². The van der Waals surface area contributed by atoms with Gasteiger partial charge in [0.05, 0.1) is 12.7 Å². The monoisotopic (exact) mass is 496 g/mol. The molecule has 2 unspecified atom stereocenters. The van der Waals surface area contributed by atoms with Crippen LogP contribution in [-0.2, 0) is 32.1 Å². The van der Waals surface area contributed by atoms with Crippen LogP contribution in [-0.4, -0.2) is 47.7 Å². The molecule has 0 spiro atoms. The fourth-order valence-electron chi connectivity index (χ4n) is 4.22. The van der Waals surface area contributed by atoms with Crippen LogP contribution in [0.25, 0.3) is 0 Å². The van der Waals surface area contributed by atoms with Crippen molar-refractivity contribution >= 4 is 17.8 Å². The summed E-state index contributed by atoms with van der Waals surface area (Å²) in [5, 5.41) is 15.6. The van der Waals surface area contributed by atoms with Crippen LogP contribution in [0.5, 0.6) is 5.75 Å². The summed E-state index contributed by atoms with van der Waals surface area (Å²) < 4.78 is 10.7. The van der Waals surface area contributed by atoms with Crippen molar-refractivity contribution in [3.05, 3.63) is 65.7 Å². The minimum Gasteiger partial charge on any atom is -0.497 e. The molecule has 0 radical (unpaired) electrons. The van der Waals surface area contributed by atoms with E-state index in [9.17, 15) is 19.5 Å². The number of amides is 2. The molecule has 0 heterocycles. The van der Waals surface area contributed by atoms with Crippen LogP contribution in [0, 0.1) is 5.92 Å². The molecule has 194 valence electrons. The molecular weight excluding hydrogens is 460 g/mol. The Balaban J connectivity index is 1.62. The van der Waals surface area contributed by atoms with Gasteiger partial charge in [-0.3, -0.25) is 9.59 Å². The molecule has 1 aliphatic carbocycles. The van der Waals surface area contributed by atoms with Crippen molar-refractivity contribution in [3.63, 3.8) is 0 Å². The van der Waals surface area contributed by atoms with Gasteiger partial charge in [-0.2, -0.15) is 0 Å². The van der Waals surface area contributed by atoms with Gasteiger partial charge in [0.25, 0.3) is 0 Å². The lowest BCUT2D eigenvalue weighted by Crippen LogP contribution is -2.52. The number of carbonyl (C=O) groups is 3. The number of hydrogen-bond acceptors (Lipinski definition) is 6. The summed E-state index contributed by atoms with van der Waals surface area (Å²) >= 11 is 0. The summed E-state index contributed by atoms with van der Waals surface area (Å²) in [7, 11) is 1.57. The minimum absolute atomic E-state index is 0.0897. The molecule has 3 N–H and O–H groups in total. The van der Waals surface area contributed by atoms with Crippen molar-refractivity contribution in [2.45, 2.75) is 70.2 Å². The summed E-state index contributed by atoms with van der Waals surface area (Å²) in [4.78, 5) is 38.6. The number of ether oxygens (including phenoxy) is 2. The van der Waals surface area contributed by atoms with Crippen molar-refractivity contribution in [1.29, 1.82) is 0 Å². The molecule has 1 fully saturated rings. The zero-order valence-electron chi connectivity index (χ0n) is 21.2. The molecule has 2 amide bonds. The first-order valence-electron chi connectivity index (χ1n) is 12.3. The van der Waals surface area contributed by atoms with Crippen LogP contribution in [0.15, 0.2) is 54.6 Å². The van der Waals surface area contributed by atoms with Gasteiger partial charge in [-0.05, 0) is 62.8 Å². The Labute approximate surface area is 212 Å². The molecule has 2 aromatic rings. The maximum atomic E-state index is 13.0. The van der Waals surface area contributed by atoms with E-state index in [2.05, 4.69) is 10.6 Å². The topological polar surface area (TPSA) is 114 Å². The van der Waals surface area contributed by atoms with E-state index in [-0.39, 0.29) is 24.9 Å². The van der Waals surface area contributed by atoms with Gasteiger partial charge in [-0.15, -0.1) is 0 Å². The molecule has 1 aliphatic rings. The maximum Gasteiger partial charge on any atom is 0.329 e. The third kappa shape index (κ3) is 8.09. The van der Waals surface area contributed by atoms with Gasteiger partial charge in [-0.25, -0.2) is 4.79 Å². The van der Waals surface area contributed by atoms with Crippen LogP contribution in [0.3, 0.4) is 0 Å². The smallest absolute Gasteiger partial charge is 0.329 e. The van der Waals surface area contributed by atoms with Crippen LogP contribution in [0.1, 0.15) is 50.7 Å². The first-order chi connectivity index (χ1) is 17.2. The van der Waals surface area contributed by atoms with E-state index in [0.717, 1.165) is 11.1 Å². The molecule has 1 saturated carbocycles. The van der Waals surface area contributed by atoms with Crippen molar-refractivity contribution in [2.75, 3.05) is 7.11 Å². The number of carbonyl (C=O) groups excluding carboxylic acids is 3. The van der Waals surface area contributed by atoms with Gasteiger partial charge in [-0.1, -0.05) is 42.5 Å². The summed E-state index contributed by atoms with van der Waals surface area (Å²) in [5.74, 6) is -0.804. The van der Waals surface area contributed by atoms with Crippen LogP contribution < -0.4 is 15.4 Å². The minimum atomic E-state index is -0.932. The molecule has 3 rings (SSSR count). The van der Waals surface area contributed by atoms with E-state index in [1.54, 1.807) is 33.1 Å². The Morgan fingerprint density at radius 1 is 1.00 bits per heavy atom. The van der Waals surface area contributed by atoms with Crippen molar-refractivity contribution < 1.29 is 29.0 Å². The highest BCUT2D eigenvalue weighted by Gasteiger charge is 2.33. The standard InChI is InChI=1S/C28H36N2O6/c1-19(29-26(32)22-13-15-28(2,34)16-14-22)25(31)30-24(17-20-9-11-23(35-3)12-10-20)27(33)36-18-21-7-5-4-6-8-21/h4-12,19,22,24,34H,13-18H2,1-3H3,(H,29,32)(H,30,31). The highest BCUT2D eigenvalue weighted by atomic mass is 16.5. The van der Waals surface area contributed by atoms with Crippen molar-refractivity contribution in [3.8, 4) is 5.75 Å². The van der Waals surface area contributed by atoms with Crippen molar-refractivity contribution in [1.82, 2.24) is 10.6 Å². The normalized spacial score (nSPS) is 21.1. The first-order valence-corrected chi connectivity index (χ1v) is 12.3. The third-order valence-electron chi connectivity index (χ3n) is 6.61. The summed E-state index contributed by atoms with van der Waals surface area (Å²) in [6, 6.07) is 14.8. The van der Waals surface area contributed by atoms with Gasteiger partial charge in [0.1, 0.15) is 24.4 Å². The lowest BCUT2D eigenvalue weighted by Gasteiger charge is -2.32. The van der Waals surface area contributed by atoms with Gasteiger partial charge in [0.2, 0.25) is 11.8 Å². The summed E-state index contributed by atoms with van der Waals surface area (Å²) in [5.41, 5.74) is 0.922.